The lowest BCUT2D eigenvalue weighted by Gasteiger charge is -2.11. The fourth-order valence-corrected chi connectivity index (χ4v) is 3.42. The summed E-state index contributed by atoms with van der Waals surface area (Å²) in [5.74, 6) is 0.203. The smallest absolute Gasteiger partial charge is 0.416 e. The van der Waals surface area contributed by atoms with E-state index in [9.17, 15) is 28.1 Å². The van der Waals surface area contributed by atoms with Crippen LogP contribution in [0.15, 0.2) is 47.8 Å². The van der Waals surface area contributed by atoms with Gasteiger partial charge in [0.25, 0.3) is 11.6 Å². The number of hydrogen-bond acceptors (Lipinski definition) is 7. The molecule has 1 aromatic heterocycles. The fraction of sp³-hybridized carbons (Fsp3) is 0.238. The average Bonchev–Trinajstić information content (AvgIpc) is 3.19. The predicted molar refractivity (Wildman–Crippen MR) is 117 cm³/mol. The van der Waals surface area contributed by atoms with Crippen LogP contribution in [0, 0.1) is 17.0 Å². The van der Waals surface area contributed by atoms with Crippen molar-refractivity contribution in [1.29, 1.82) is 0 Å². The number of ether oxygens (including phenoxy) is 1. The lowest BCUT2D eigenvalue weighted by atomic mass is 10.1. The van der Waals surface area contributed by atoms with Gasteiger partial charge in [-0.15, -0.1) is 11.3 Å². The maximum atomic E-state index is 12.8. The molecular weight excluding hydrogens is 461 g/mol. The summed E-state index contributed by atoms with van der Waals surface area (Å²) in [6.07, 6.45) is -4.68. The van der Waals surface area contributed by atoms with E-state index < -0.39 is 22.4 Å². The molecule has 0 bridgehead atoms. The van der Waals surface area contributed by atoms with Gasteiger partial charge in [0.1, 0.15) is 18.0 Å². The van der Waals surface area contributed by atoms with Crippen molar-refractivity contribution in [3.8, 4) is 5.75 Å². The van der Waals surface area contributed by atoms with Gasteiger partial charge in [-0.05, 0) is 43.3 Å². The van der Waals surface area contributed by atoms with Gasteiger partial charge in [0.15, 0.2) is 0 Å². The second-order valence-electron chi connectivity index (χ2n) is 6.84. The Labute approximate surface area is 190 Å². The van der Waals surface area contributed by atoms with Gasteiger partial charge < -0.3 is 15.4 Å². The number of nitro groups is 1. The third-order valence-corrected chi connectivity index (χ3v) is 5.24. The molecule has 12 heteroatoms. The van der Waals surface area contributed by atoms with Crippen molar-refractivity contribution in [1.82, 2.24) is 10.3 Å². The van der Waals surface area contributed by atoms with E-state index in [1.54, 1.807) is 24.3 Å². The SMILES string of the molecule is Cc1nc(COc2ccc(C(=O)NCCNc3ccc(C(F)(F)F)cc3[N+](=O)[O-])cc2)cs1. The zero-order chi connectivity index (χ0) is 24.0. The Bertz CT molecular complexity index is 1130. The maximum Gasteiger partial charge on any atom is 0.416 e. The lowest BCUT2D eigenvalue weighted by molar-refractivity contribution is -0.384. The molecule has 2 N–H and O–H groups in total. The normalized spacial score (nSPS) is 11.2. The summed E-state index contributed by atoms with van der Waals surface area (Å²) in [5.41, 5.74) is -0.673. The summed E-state index contributed by atoms with van der Waals surface area (Å²) < 4.78 is 43.9. The molecule has 2 aromatic carbocycles. The van der Waals surface area contributed by atoms with Gasteiger partial charge in [-0.3, -0.25) is 14.9 Å². The molecule has 0 radical (unpaired) electrons. The van der Waals surface area contributed by atoms with E-state index in [0.717, 1.165) is 22.8 Å². The monoisotopic (exact) mass is 480 g/mol. The Morgan fingerprint density at radius 1 is 1.18 bits per heavy atom. The van der Waals surface area contributed by atoms with Crippen LogP contribution in [0.5, 0.6) is 5.75 Å². The highest BCUT2D eigenvalue weighted by molar-refractivity contribution is 7.09. The minimum atomic E-state index is -4.68. The summed E-state index contributed by atoms with van der Waals surface area (Å²) in [6.45, 7) is 2.39. The summed E-state index contributed by atoms with van der Waals surface area (Å²) in [5, 5.41) is 19.3. The first kappa shape index (κ1) is 24.0. The zero-order valence-electron chi connectivity index (χ0n) is 17.3. The van der Waals surface area contributed by atoms with Crippen LogP contribution in [-0.4, -0.2) is 28.9 Å². The van der Waals surface area contributed by atoms with Gasteiger partial charge >= 0.3 is 6.18 Å². The third-order valence-electron chi connectivity index (χ3n) is 4.42. The number of carbonyl (C=O) groups is 1. The van der Waals surface area contributed by atoms with Gasteiger partial charge in [0.2, 0.25) is 0 Å². The highest BCUT2D eigenvalue weighted by Gasteiger charge is 2.33. The second kappa shape index (κ2) is 10.3. The fourth-order valence-electron chi connectivity index (χ4n) is 2.82. The molecule has 0 spiro atoms. The van der Waals surface area contributed by atoms with E-state index in [-0.39, 0.29) is 24.7 Å². The van der Waals surface area contributed by atoms with Crippen LogP contribution in [0.3, 0.4) is 0 Å². The second-order valence-corrected chi connectivity index (χ2v) is 7.90. The standard InChI is InChI=1S/C21H19F3N4O4S/c1-13-27-16(12-33-13)11-32-17-5-2-14(3-6-17)20(29)26-9-8-25-18-7-4-15(21(22,23)24)10-19(18)28(30)31/h2-7,10,12,25H,8-9,11H2,1H3,(H,26,29). The number of benzene rings is 2. The molecule has 1 amide bonds. The molecule has 3 aromatic rings. The number of aryl methyl sites for hydroxylation is 1. The first-order valence-electron chi connectivity index (χ1n) is 9.65. The molecule has 0 aliphatic rings. The summed E-state index contributed by atoms with van der Waals surface area (Å²) in [4.78, 5) is 26.8. The van der Waals surface area contributed by atoms with Gasteiger partial charge in [0.05, 0.1) is 21.2 Å². The average molecular weight is 480 g/mol. The lowest BCUT2D eigenvalue weighted by Crippen LogP contribution is -2.28. The highest BCUT2D eigenvalue weighted by atomic mass is 32.1. The van der Waals surface area contributed by atoms with Crippen LogP contribution in [0.1, 0.15) is 26.6 Å². The Morgan fingerprint density at radius 3 is 2.52 bits per heavy atom. The van der Waals surface area contributed by atoms with Gasteiger partial charge in [-0.25, -0.2) is 4.98 Å². The number of rotatable bonds is 9. The van der Waals surface area contributed by atoms with Crippen LogP contribution in [-0.2, 0) is 12.8 Å². The number of thiazole rings is 1. The number of amides is 1. The van der Waals surface area contributed by atoms with Crippen molar-refractivity contribution in [2.75, 3.05) is 18.4 Å². The number of alkyl halides is 3. The zero-order valence-corrected chi connectivity index (χ0v) is 18.1. The molecule has 3 rings (SSSR count). The maximum absolute atomic E-state index is 12.8. The molecule has 0 fully saturated rings. The molecule has 0 aliphatic carbocycles. The first-order valence-corrected chi connectivity index (χ1v) is 10.5. The number of anilines is 1. The summed E-state index contributed by atoms with van der Waals surface area (Å²) >= 11 is 1.53. The minimum Gasteiger partial charge on any atom is -0.487 e. The molecule has 0 saturated heterocycles. The largest absolute Gasteiger partial charge is 0.487 e. The van der Waals surface area contributed by atoms with Crippen molar-refractivity contribution >= 4 is 28.6 Å². The Morgan fingerprint density at radius 2 is 1.91 bits per heavy atom. The Hall–Kier alpha value is -3.67. The summed E-state index contributed by atoms with van der Waals surface area (Å²) in [7, 11) is 0. The molecular formula is C21H19F3N4O4S. The quantitative estimate of drug-likeness (QED) is 0.259. The van der Waals surface area contributed by atoms with Gasteiger partial charge in [-0.1, -0.05) is 0 Å². The molecule has 0 saturated carbocycles. The highest BCUT2D eigenvalue weighted by Crippen LogP contribution is 2.34. The van der Waals surface area contributed by atoms with E-state index >= 15 is 0 Å². The third kappa shape index (κ3) is 6.65. The van der Waals surface area contributed by atoms with Gasteiger partial charge in [0, 0.05) is 30.1 Å². The number of nitro benzene ring substituents is 1. The molecule has 33 heavy (non-hydrogen) atoms. The molecule has 0 unspecified atom stereocenters. The van der Waals surface area contributed by atoms with Gasteiger partial charge in [-0.2, -0.15) is 13.2 Å². The van der Waals surface area contributed by atoms with Crippen molar-refractivity contribution in [2.24, 2.45) is 0 Å². The van der Waals surface area contributed by atoms with E-state index in [1.165, 1.54) is 11.3 Å². The number of carbonyl (C=O) groups excluding carboxylic acids is 1. The van der Waals surface area contributed by atoms with Crippen molar-refractivity contribution in [3.63, 3.8) is 0 Å². The first-order chi connectivity index (χ1) is 15.6. The van der Waals surface area contributed by atoms with Crippen LogP contribution in [0.2, 0.25) is 0 Å². The van der Waals surface area contributed by atoms with Crippen LogP contribution < -0.4 is 15.4 Å². The van der Waals surface area contributed by atoms with E-state index in [2.05, 4.69) is 15.6 Å². The number of nitrogens with one attached hydrogen (secondary N) is 2. The number of hydrogen-bond donors (Lipinski definition) is 2. The topological polar surface area (TPSA) is 106 Å². The van der Waals surface area contributed by atoms with E-state index in [4.69, 9.17) is 4.74 Å². The molecule has 8 nitrogen and oxygen atoms in total. The van der Waals surface area contributed by atoms with Crippen LogP contribution in [0.4, 0.5) is 24.5 Å². The van der Waals surface area contributed by atoms with Crippen molar-refractivity contribution in [3.05, 3.63) is 79.8 Å². The predicted octanol–water partition coefficient (Wildman–Crippen LogP) is 4.80. The molecule has 1 heterocycles. The van der Waals surface area contributed by atoms with Crippen LogP contribution in [0.25, 0.3) is 0 Å². The van der Waals surface area contributed by atoms with Crippen molar-refractivity contribution < 1.29 is 27.6 Å². The summed E-state index contributed by atoms with van der Waals surface area (Å²) in [6, 6.07) is 8.70. The molecule has 0 atom stereocenters. The van der Waals surface area contributed by atoms with E-state index in [0.29, 0.717) is 24.0 Å². The number of aromatic nitrogens is 1. The van der Waals surface area contributed by atoms with Crippen LogP contribution >= 0.6 is 11.3 Å². The Balaban J connectivity index is 1.49. The number of halogens is 3. The minimum absolute atomic E-state index is 0.0703. The number of nitrogens with zero attached hydrogens (tertiary/aromatic N) is 2. The molecule has 174 valence electrons. The van der Waals surface area contributed by atoms with Crippen molar-refractivity contribution in [2.45, 2.75) is 19.7 Å². The van der Waals surface area contributed by atoms with E-state index in [1.807, 2.05) is 12.3 Å². The Kier molecular flexibility index (Phi) is 7.48. The molecule has 0 aliphatic heterocycles.